The Morgan fingerprint density at radius 1 is 1.31 bits per heavy atom. The van der Waals surface area contributed by atoms with E-state index in [4.69, 9.17) is 5.11 Å². The SMILES string of the molecule is OCCCCN=C([Se])[C]1[CH][CH][CH][CH]1. The monoisotopic (exact) mass is 243 g/mol. The molecule has 3 heteroatoms. The zero-order valence-electron chi connectivity index (χ0n) is 7.44. The summed E-state index contributed by atoms with van der Waals surface area (Å²) >= 11 is 2.94. The van der Waals surface area contributed by atoms with Gasteiger partial charge in [0.25, 0.3) is 0 Å². The van der Waals surface area contributed by atoms with Gasteiger partial charge in [0.1, 0.15) is 0 Å². The Bertz CT molecular complexity index is 164. The first-order chi connectivity index (χ1) is 6.34. The van der Waals surface area contributed by atoms with Crippen LogP contribution < -0.4 is 0 Å². The van der Waals surface area contributed by atoms with E-state index in [1.165, 1.54) is 0 Å². The Morgan fingerprint density at radius 2 is 2.00 bits per heavy atom. The van der Waals surface area contributed by atoms with Crippen LogP contribution in [0.4, 0.5) is 0 Å². The molecule has 0 aromatic heterocycles. The van der Waals surface area contributed by atoms with Gasteiger partial charge >= 0.3 is 88.3 Å². The maximum atomic E-state index is 8.56. The Morgan fingerprint density at radius 3 is 2.62 bits per heavy atom. The van der Waals surface area contributed by atoms with Crippen LogP contribution in [-0.4, -0.2) is 38.9 Å². The van der Waals surface area contributed by atoms with Gasteiger partial charge in [-0.05, 0) is 0 Å². The summed E-state index contributed by atoms with van der Waals surface area (Å²) in [6.45, 7) is 1.04. The summed E-state index contributed by atoms with van der Waals surface area (Å²) in [6, 6.07) is 0. The second-order valence-corrected chi connectivity index (χ2v) is 3.60. The van der Waals surface area contributed by atoms with Crippen LogP contribution in [0, 0.1) is 31.6 Å². The molecule has 1 saturated carbocycles. The molecule has 0 unspecified atom stereocenters. The number of hydrogen-bond acceptors (Lipinski definition) is 2. The third-order valence-corrected chi connectivity index (χ3v) is 2.50. The number of unbranched alkanes of at least 4 members (excludes halogenated alkanes) is 1. The van der Waals surface area contributed by atoms with Gasteiger partial charge in [-0.1, -0.05) is 0 Å². The van der Waals surface area contributed by atoms with E-state index in [1.807, 2.05) is 25.7 Å². The number of nitrogens with zero attached hydrogens (tertiary/aromatic N) is 1. The molecular weight excluding hydrogens is 229 g/mol. The first kappa shape index (κ1) is 11.2. The molecule has 0 atom stereocenters. The molecule has 0 bridgehead atoms. The summed E-state index contributed by atoms with van der Waals surface area (Å²) in [6.07, 6.45) is 9.83. The molecule has 0 aromatic rings. The summed E-state index contributed by atoms with van der Waals surface area (Å²) < 4.78 is 0.961. The fourth-order valence-corrected chi connectivity index (χ4v) is 1.49. The van der Waals surface area contributed by atoms with E-state index in [9.17, 15) is 0 Å². The van der Waals surface area contributed by atoms with Crippen LogP contribution >= 0.6 is 0 Å². The van der Waals surface area contributed by atoms with Crippen molar-refractivity contribution in [2.75, 3.05) is 13.2 Å². The predicted molar refractivity (Wildman–Crippen MR) is 54.8 cm³/mol. The molecule has 6 radical (unpaired) electrons. The van der Waals surface area contributed by atoms with Crippen molar-refractivity contribution in [2.45, 2.75) is 12.8 Å². The van der Waals surface area contributed by atoms with Crippen molar-refractivity contribution in [3.05, 3.63) is 31.6 Å². The molecule has 1 fully saturated rings. The Balaban J connectivity index is 2.16. The van der Waals surface area contributed by atoms with Crippen molar-refractivity contribution < 1.29 is 5.11 Å². The molecule has 0 aliphatic heterocycles. The first-order valence-corrected chi connectivity index (χ1v) is 5.24. The van der Waals surface area contributed by atoms with E-state index < -0.39 is 0 Å². The molecule has 0 spiro atoms. The number of rotatable bonds is 5. The Hall–Kier alpha value is 0.149. The second-order valence-electron chi connectivity index (χ2n) is 2.79. The molecule has 0 amide bonds. The average molecular weight is 242 g/mol. The molecule has 0 heterocycles. The van der Waals surface area contributed by atoms with Gasteiger partial charge in [0, 0.05) is 0 Å². The van der Waals surface area contributed by atoms with Crippen molar-refractivity contribution in [3.63, 3.8) is 0 Å². The molecule has 1 rings (SSSR count). The van der Waals surface area contributed by atoms with Gasteiger partial charge in [0.05, 0.1) is 0 Å². The molecule has 70 valence electrons. The standard InChI is InChI=1S/C10H13NOSe/c12-8-4-3-7-11-10(13)9-5-1-2-6-9/h1-2,5-6,12H,3-4,7-8H2. The number of hydrogen-bond donors (Lipinski definition) is 1. The van der Waals surface area contributed by atoms with Gasteiger partial charge in [0.2, 0.25) is 0 Å². The van der Waals surface area contributed by atoms with E-state index in [-0.39, 0.29) is 6.61 Å². The molecule has 1 N–H and O–H groups in total. The zero-order valence-corrected chi connectivity index (χ0v) is 9.15. The molecule has 0 aromatic carbocycles. The molecule has 1 aliphatic rings. The number of aliphatic hydroxyl groups excluding tert-OH is 1. The molecule has 0 saturated heterocycles. The van der Waals surface area contributed by atoms with Crippen LogP contribution in [0.2, 0.25) is 0 Å². The number of aliphatic imine (C=N–C) groups is 1. The minimum absolute atomic E-state index is 0.259. The third-order valence-electron chi connectivity index (χ3n) is 1.73. The van der Waals surface area contributed by atoms with Crippen LogP contribution in [0.1, 0.15) is 12.8 Å². The average Bonchev–Trinajstić information content (AvgIpc) is 2.65. The van der Waals surface area contributed by atoms with E-state index in [0.29, 0.717) is 0 Å². The summed E-state index contributed by atoms with van der Waals surface area (Å²) in [5.41, 5.74) is 0. The Labute approximate surface area is 88.6 Å². The van der Waals surface area contributed by atoms with Crippen molar-refractivity contribution in [1.29, 1.82) is 0 Å². The van der Waals surface area contributed by atoms with Gasteiger partial charge in [-0.25, -0.2) is 0 Å². The molecule has 1 aliphatic carbocycles. The zero-order chi connectivity index (χ0) is 9.52. The van der Waals surface area contributed by atoms with Crippen molar-refractivity contribution >= 4 is 20.6 Å². The fourth-order valence-electron chi connectivity index (χ4n) is 1.01. The first-order valence-electron chi connectivity index (χ1n) is 4.39. The molecule has 13 heavy (non-hydrogen) atoms. The van der Waals surface area contributed by atoms with Gasteiger partial charge in [-0.3, -0.25) is 0 Å². The van der Waals surface area contributed by atoms with E-state index in [1.54, 1.807) is 0 Å². The maximum absolute atomic E-state index is 8.56. The van der Waals surface area contributed by atoms with Gasteiger partial charge < -0.3 is 0 Å². The van der Waals surface area contributed by atoms with Crippen LogP contribution in [0.5, 0.6) is 0 Å². The van der Waals surface area contributed by atoms with Gasteiger partial charge in [0.15, 0.2) is 0 Å². The number of aliphatic hydroxyl groups is 1. The van der Waals surface area contributed by atoms with Crippen molar-refractivity contribution in [3.8, 4) is 0 Å². The summed E-state index contributed by atoms with van der Waals surface area (Å²) in [5.74, 6) is 1.14. The fraction of sp³-hybridized carbons (Fsp3) is 0.400. The molecular formula is C10H13NOSe. The quantitative estimate of drug-likeness (QED) is 0.430. The van der Waals surface area contributed by atoms with Crippen LogP contribution in [0.15, 0.2) is 4.99 Å². The Kier molecular flexibility index (Phi) is 5.68. The van der Waals surface area contributed by atoms with Gasteiger partial charge in [-0.15, -0.1) is 0 Å². The second kappa shape index (κ2) is 6.58. The van der Waals surface area contributed by atoms with Crippen molar-refractivity contribution in [2.24, 2.45) is 4.99 Å². The molecule has 2 nitrogen and oxygen atoms in total. The van der Waals surface area contributed by atoms with Crippen LogP contribution in [0.3, 0.4) is 0 Å². The summed E-state index contributed by atoms with van der Waals surface area (Å²) in [7, 11) is 0. The van der Waals surface area contributed by atoms with Crippen LogP contribution in [0.25, 0.3) is 0 Å². The predicted octanol–water partition coefficient (Wildman–Crippen LogP) is 0.731. The van der Waals surface area contributed by atoms with E-state index in [2.05, 4.69) is 21.0 Å². The normalized spacial score (nSPS) is 19.6. The van der Waals surface area contributed by atoms with Gasteiger partial charge in [-0.2, -0.15) is 0 Å². The summed E-state index contributed by atoms with van der Waals surface area (Å²) in [5, 5.41) is 8.56. The van der Waals surface area contributed by atoms with Crippen molar-refractivity contribution in [1.82, 2.24) is 0 Å². The summed E-state index contributed by atoms with van der Waals surface area (Å²) in [4.78, 5) is 4.35. The third kappa shape index (κ3) is 4.26. The minimum atomic E-state index is 0.259. The van der Waals surface area contributed by atoms with Crippen LogP contribution in [-0.2, 0) is 0 Å². The topological polar surface area (TPSA) is 32.6 Å². The van der Waals surface area contributed by atoms with E-state index in [0.717, 1.165) is 29.9 Å². The van der Waals surface area contributed by atoms with E-state index >= 15 is 0 Å².